The molecule has 1 saturated carbocycles. The Morgan fingerprint density at radius 3 is 2.78 bits per heavy atom. The number of hydrogen-bond donors (Lipinski definition) is 4. The molecule has 2 aliphatic rings. The molecule has 0 unspecified atom stereocenters. The zero-order valence-electron chi connectivity index (χ0n) is 14.6. The van der Waals surface area contributed by atoms with E-state index in [0.29, 0.717) is 22.6 Å². The van der Waals surface area contributed by atoms with Crippen molar-refractivity contribution in [1.82, 2.24) is 29.9 Å². The van der Waals surface area contributed by atoms with Gasteiger partial charge in [-0.05, 0) is 18.9 Å². The summed E-state index contributed by atoms with van der Waals surface area (Å²) >= 11 is 0. The summed E-state index contributed by atoms with van der Waals surface area (Å²) in [7, 11) is 0. The van der Waals surface area contributed by atoms with E-state index in [2.05, 4.69) is 25.3 Å². The van der Waals surface area contributed by atoms with Crippen LogP contribution in [0.3, 0.4) is 0 Å². The van der Waals surface area contributed by atoms with Crippen molar-refractivity contribution in [2.75, 3.05) is 31.1 Å². The minimum Gasteiger partial charge on any atom is -0.493 e. The molecule has 4 heterocycles. The molecular formula is C17H20N8O2. The second kappa shape index (κ2) is 6.23. The molecule has 0 aromatic carbocycles. The van der Waals surface area contributed by atoms with Gasteiger partial charge in [0.2, 0.25) is 5.88 Å². The SMILES string of the molecule is O=c1[nH]c(O)c(/C=c2/cnn3c(=NC4CC4)cc(N4CCNCC4)nc23)[nH]1. The molecule has 1 saturated heterocycles. The number of H-pyrrole nitrogens is 2. The van der Waals surface area contributed by atoms with Crippen molar-refractivity contribution in [2.45, 2.75) is 18.9 Å². The summed E-state index contributed by atoms with van der Waals surface area (Å²) in [6, 6.07) is 2.34. The normalized spacial score (nSPS) is 19.3. The summed E-state index contributed by atoms with van der Waals surface area (Å²) in [5.74, 6) is 0.658. The highest BCUT2D eigenvalue weighted by Crippen LogP contribution is 2.22. The number of anilines is 1. The first kappa shape index (κ1) is 16.1. The van der Waals surface area contributed by atoms with Gasteiger partial charge in [-0.2, -0.15) is 9.61 Å². The minimum atomic E-state index is -0.464. The summed E-state index contributed by atoms with van der Waals surface area (Å²) in [4.78, 5) is 28.1. The van der Waals surface area contributed by atoms with Gasteiger partial charge in [-0.15, -0.1) is 0 Å². The van der Waals surface area contributed by atoms with Crippen LogP contribution in [0.5, 0.6) is 5.88 Å². The molecule has 0 spiro atoms. The van der Waals surface area contributed by atoms with Crippen molar-refractivity contribution in [3.05, 3.63) is 39.1 Å². The first-order chi connectivity index (χ1) is 13.2. The Labute approximate surface area is 153 Å². The first-order valence-corrected chi connectivity index (χ1v) is 9.09. The van der Waals surface area contributed by atoms with Gasteiger partial charge in [0, 0.05) is 37.5 Å². The van der Waals surface area contributed by atoms with Crippen molar-refractivity contribution in [2.24, 2.45) is 4.99 Å². The fourth-order valence-electron chi connectivity index (χ4n) is 3.24. The fourth-order valence-corrected chi connectivity index (χ4v) is 3.24. The Balaban J connectivity index is 1.71. The zero-order chi connectivity index (χ0) is 18.4. The van der Waals surface area contributed by atoms with Gasteiger partial charge in [0.05, 0.1) is 12.2 Å². The van der Waals surface area contributed by atoms with Crippen molar-refractivity contribution in [3.63, 3.8) is 0 Å². The molecule has 1 aliphatic carbocycles. The Bertz CT molecular complexity index is 1160. The van der Waals surface area contributed by atoms with E-state index in [1.807, 2.05) is 6.07 Å². The van der Waals surface area contributed by atoms with Crippen molar-refractivity contribution in [3.8, 4) is 5.88 Å². The van der Waals surface area contributed by atoms with Crippen LogP contribution in [0.4, 0.5) is 5.82 Å². The van der Waals surface area contributed by atoms with Crippen LogP contribution in [-0.4, -0.2) is 61.9 Å². The van der Waals surface area contributed by atoms with Gasteiger partial charge < -0.3 is 20.3 Å². The molecule has 140 valence electrons. The lowest BCUT2D eigenvalue weighted by molar-refractivity contribution is 0.454. The van der Waals surface area contributed by atoms with E-state index in [4.69, 9.17) is 9.98 Å². The molecule has 3 aromatic rings. The van der Waals surface area contributed by atoms with Crippen LogP contribution in [0.1, 0.15) is 18.5 Å². The zero-order valence-corrected chi connectivity index (χ0v) is 14.6. The fraction of sp³-hybridized carbons (Fsp3) is 0.412. The maximum Gasteiger partial charge on any atom is 0.326 e. The van der Waals surface area contributed by atoms with E-state index in [-0.39, 0.29) is 5.88 Å². The molecule has 0 atom stereocenters. The first-order valence-electron chi connectivity index (χ1n) is 9.09. The molecule has 3 aromatic heterocycles. The lowest BCUT2D eigenvalue weighted by Crippen LogP contribution is -2.44. The number of aromatic hydroxyl groups is 1. The van der Waals surface area contributed by atoms with E-state index < -0.39 is 5.69 Å². The molecule has 10 heteroatoms. The number of rotatable bonds is 3. The molecule has 0 amide bonds. The highest BCUT2D eigenvalue weighted by atomic mass is 16.3. The van der Waals surface area contributed by atoms with Gasteiger partial charge in [0.1, 0.15) is 11.5 Å². The smallest absolute Gasteiger partial charge is 0.326 e. The molecule has 5 rings (SSSR count). The minimum absolute atomic E-state index is 0.208. The average molecular weight is 368 g/mol. The molecule has 2 fully saturated rings. The summed E-state index contributed by atoms with van der Waals surface area (Å²) in [6.07, 6.45) is 5.53. The second-order valence-electron chi connectivity index (χ2n) is 6.89. The van der Waals surface area contributed by atoms with Gasteiger partial charge in [-0.1, -0.05) is 0 Å². The number of hydrogen-bond acceptors (Lipinski definition) is 7. The Kier molecular flexibility index (Phi) is 3.71. The molecule has 0 bridgehead atoms. The standard InChI is InChI=1S/C17H20N8O2/c26-16-12(21-17(27)23-16)7-10-9-19-25-14(20-11-1-2-11)8-13(22-15(10)25)24-5-3-18-4-6-24/h7-9,11,18,26H,1-6H2,(H2,21,23,27)/b10-7-,20-14?. The number of imidazole rings is 1. The Hall–Kier alpha value is -3.14. The van der Waals surface area contributed by atoms with E-state index in [0.717, 1.165) is 50.3 Å². The van der Waals surface area contributed by atoms with E-state index in [1.165, 1.54) is 0 Å². The highest BCUT2D eigenvalue weighted by Gasteiger charge is 2.21. The number of fused-ring (bicyclic) bond motifs is 1. The third-order valence-electron chi connectivity index (χ3n) is 4.80. The van der Waals surface area contributed by atoms with Gasteiger partial charge >= 0.3 is 5.69 Å². The van der Waals surface area contributed by atoms with Gasteiger partial charge in [-0.25, -0.2) is 9.78 Å². The van der Waals surface area contributed by atoms with Crippen LogP contribution < -0.4 is 26.6 Å². The van der Waals surface area contributed by atoms with Crippen LogP contribution in [-0.2, 0) is 0 Å². The highest BCUT2D eigenvalue weighted by molar-refractivity contribution is 5.58. The number of aromatic amines is 2. The number of nitrogens with zero attached hydrogens (tertiary/aromatic N) is 5. The van der Waals surface area contributed by atoms with Gasteiger partial charge in [0.25, 0.3) is 0 Å². The largest absolute Gasteiger partial charge is 0.493 e. The topological polar surface area (TPSA) is 127 Å². The number of aromatic nitrogens is 5. The van der Waals surface area contributed by atoms with Crippen LogP contribution in [0.15, 0.2) is 22.1 Å². The number of piperazine rings is 1. The van der Waals surface area contributed by atoms with Crippen LogP contribution in [0.2, 0.25) is 0 Å². The monoisotopic (exact) mass is 368 g/mol. The van der Waals surface area contributed by atoms with E-state index in [1.54, 1.807) is 16.8 Å². The van der Waals surface area contributed by atoms with E-state index >= 15 is 0 Å². The lowest BCUT2D eigenvalue weighted by Gasteiger charge is -2.28. The molecule has 10 nitrogen and oxygen atoms in total. The predicted molar refractivity (Wildman–Crippen MR) is 98.5 cm³/mol. The summed E-state index contributed by atoms with van der Waals surface area (Å²) in [5.41, 5.74) is 1.26. The molecule has 4 N–H and O–H groups in total. The summed E-state index contributed by atoms with van der Waals surface area (Å²) in [6.45, 7) is 3.59. The predicted octanol–water partition coefficient (Wildman–Crippen LogP) is -1.53. The van der Waals surface area contributed by atoms with Crippen LogP contribution in [0.25, 0.3) is 11.7 Å². The Morgan fingerprint density at radius 2 is 2.07 bits per heavy atom. The molecule has 27 heavy (non-hydrogen) atoms. The van der Waals surface area contributed by atoms with Crippen LogP contribution in [0, 0.1) is 0 Å². The molecule has 1 aliphatic heterocycles. The maximum atomic E-state index is 11.4. The van der Waals surface area contributed by atoms with E-state index in [9.17, 15) is 9.90 Å². The van der Waals surface area contributed by atoms with Crippen molar-refractivity contribution in [1.29, 1.82) is 0 Å². The average Bonchev–Trinajstić information content (AvgIpc) is 3.31. The summed E-state index contributed by atoms with van der Waals surface area (Å²) in [5, 5.41) is 18.3. The quantitative estimate of drug-likeness (QED) is 0.444. The van der Waals surface area contributed by atoms with Gasteiger partial charge in [-0.3, -0.25) is 9.98 Å². The number of nitrogens with one attached hydrogen (secondary N) is 3. The molecular weight excluding hydrogens is 348 g/mol. The third kappa shape index (κ3) is 3.08. The molecule has 0 radical (unpaired) electrons. The Morgan fingerprint density at radius 1 is 1.26 bits per heavy atom. The van der Waals surface area contributed by atoms with Crippen molar-refractivity contribution < 1.29 is 5.11 Å². The maximum absolute atomic E-state index is 11.4. The van der Waals surface area contributed by atoms with Gasteiger partial charge in [0.15, 0.2) is 11.1 Å². The lowest BCUT2D eigenvalue weighted by atomic mass is 10.3. The van der Waals surface area contributed by atoms with Crippen LogP contribution >= 0.6 is 0 Å². The van der Waals surface area contributed by atoms with Crippen molar-refractivity contribution >= 4 is 17.5 Å². The summed E-state index contributed by atoms with van der Waals surface area (Å²) < 4.78 is 1.72. The second-order valence-corrected chi connectivity index (χ2v) is 6.89. The third-order valence-corrected chi connectivity index (χ3v) is 4.80.